The number of carbonyl (C=O) groups excluding carboxylic acids is 3. The summed E-state index contributed by atoms with van der Waals surface area (Å²) < 4.78 is 5.99. The zero-order valence-corrected chi connectivity index (χ0v) is 25.8. The van der Waals surface area contributed by atoms with Crippen molar-refractivity contribution in [1.82, 2.24) is 10.6 Å². The van der Waals surface area contributed by atoms with Crippen LogP contribution in [0.4, 0.5) is 21.9 Å². The minimum absolute atomic E-state index is 0.169. The molecule has 4 N–H and O–H groups in total. The summed E-state index contributed by atoms with van der Waals surface area (Å²) in [5, 5.41) is 17.1. The van der Waals surface area contributed by atoms with Crippen LogP contribution in [0, 0.1) is 5.92 Å². The van der Waals surface area contributed by atoms with Crippen molar-refractivity contribution in [3.63, 3.8) is 0 Å². The molecule has 1 atom stereocenters. The van der Waals surface area contributed by atoms with Crippen LogP contribution in [-0.4, -0.2) is 63.2 Å². The predicted molar refractivity (Wildman–Crippen MR) is 171 cm³/mol. The van der Waals surface area contributed by atoms with Gasteiger partial charge in [0.2, 0.25) is 5.91 Å². The van der Waals surface area contributed by atoms with Gasteiger partial charge < -0.3 is 35.6 Å². The number of nitrogens with zero attached hydrogens (tertiary/aromatic N) is 2. The van der Waals surface area contributed by atoms with E-state index in [-0.39, 0.29) is 31.4 Å². The largest absolute Gasteiger partial charge is 0.483 e. The van der Waals surface area contributed by atoms with Gasteiger partial charge in [-0.05, 0) is 54.3 Å². The van der Waals surface area contributed by atoms with Gasteiger partial charge in [0, 0.05) is 43.8 Å². The number of anilines is 3. The standard InChI is InChI=1S/C33H41N5O6/c1-22(2)16-28(36-30(39)20-34-33(43)35-24-11-8-10-23(17-24)18-32(41)42)27-14-6-7-15-29(27)44-21-31(40)38(5)26-13-9-12-25(19-26)37(3)4/h6-15,17,19,22,28H,16,18,20-21H2,1-5H3,(H,36,39)(H,41,42)(H2,34,35,43). The number of amides is 4. The van der Waals surface area contributed by atoms with Crippen molar-refractivity contribution in [3.05, 3.63) is 83.9 Å². The first-order valence-electron chi connectivity index (χ1n) is 14.3. The van der Waals surface area contributed by atoms with E-state index < -0.39 is 23.9 Å². The minimum Gasteiger partial charge on any atom is -0.483 e. The Kier molecular flexibility index (Phi) is 12.1. The lowest BCUT2D eigenvalue weighted by molar-refractivity contribution is -0.136. The molecule has 0 heterocycles. The molecule has 0 saturated carbocycles. The molecule has 0 spiro atoms. The second kappa shape index (κ2) is 16.0. The van der Waals surface area contributed by atoms with Gasteiger partial charge in [0.1, 0.15) is 5.75 Å². The topological polar surface area (TPSA) is 140 Å². The van der Waals surface area contributed by atoms with Gasteiger partial charge in [-0.15, -0.1) is 0 Å². The summed E-state index contributed by atoms with van der Waals surface area (Å²) in [6.07, 6.45) is 0.428. The molecular weight excluding hydrogens is 562 g/mol. The molecule has 0 radical (unpaired) electrons. The maximum Gasteiger partial charge on any atom is 0.319 e. The smallest absolute Gasteiger partial charge is 0.319 e. The molecule has 11 nitrogen and oxygen atoms in total. The van der Waals surface area contributed by atoms with E-state index >= 15 is 0 Å². The van der Waals surface area contributed by atoms with Gasteiger partial charge in [0.05, 0.1) is 19.0 Å². The zero-order chi connectivity index (χ0) is 32.2. The van der Waals surface area contributed by atoms with Crippen molar-refractivity contribution < 1.29 is 29.0 Å². The normalized spacial score (nSPS) is 11.3. The van der Waals surface area contributed by atoms with E-state index in [1.54, 1.807) is 48.3 Å². The number of urea groups is 1. The maximum absolute atomic E-state index is 13.0. The molecule has 0 saturated heterocycles. The fraction of sp³-hybridized carbons (Fsp3) is 0.333. The molecule has 234 valence electrons. The van der Waals surface area contributed by atoms with Crippen molar-refractivity contribution in [3.8, 4) is 5.75 Å². The average Bonchev–Trinajstić information content (AvgIpc) is 2.98. The van der Waals surface area contributed by atoms with Gasteiger partial charge in [-0.2, -0.15) is 0 Å². The molecule has 0 aliphatic rings. The lowest BCUT2D eigenvalue weighted by Gasteiger charge is -2.24. The fourth-order valence-electron chi connectivity index (χ4n) is 4.51. The lowest BCUT2D eigenvalue weighted by atomic mass is 9.96. The van der Waals surface area contributed by atoms with E-state index in [0.717, 1.165) is 16.9 Å². The number of likely N-dealkylation sites (N-methyl/N-ethyl adjacent to an activating group) is 1. The summed E-state index contributed by atoms with van der Waals surface area (Å²) in [6, 6.07) is 20.3. The number of carboxylic acids is 1. The summed E-state index contributed by atoms with van der Waals surface area (Å²) in [5.41, 5.74) is 3.39. The van der Waals surface area contributed by atoms with Crippen molar-refractivity contribution >= 4 is 40.9 Å². The second-order valence-corrected chi connectivity index (χ2v) is 11.0. The summed E-state index contributed by atoms with van der Waals surface area (Å²) in [6.45, 7) is 3.59. The molecule has 3 aromatic rings. The van der Waals surface area contributed by atoms with Crippen LogP contribution < -0.4 is 30.5 Å². The first-order chi connectivity index (χ1) is 20.9. The molecule has 3 rings (SSSR count). The highest BCUT2D eigenvalue weighted by Crippen LogP contribution is 2.30. The molecule has 3 aromatic carbocycles. The van der Waals surface area contributed by atoms with Gasteiger partial charge in [-0.3, -0.25) is 14.4 Å². The van der Waals surface area contributed by atoms with E-state index in [1.807, 2.05) is 69.2 Å². The van der Waals surface area contributed by atoms with Crippen LogP contribution in [0.5, 0.6) is 5.75 Å². The summed E-state index contributed by atoms with van der Waals surface area (Å²) in [7, 11) is 5.57. The number of carboxylic acid groups (broad SMARTS) is 1. The monoisotopic (exact) mass is 603 g/mol. The van der Waals surface area contributed by atoms with Gasteiger partial charge in [0.15, 0.2) is 6.61 Å². The third kappa shape index (κ3) is 10.3. The van der Waals surface area contributed by atoms with Crippen molar-refractivity contribution in [2.24, 2.45) is 5.92 Å². The molecule has 0 aliphatic carbocycles. The number of rotatable bonds is 14. The number of nitrogens with one attached hydrogen (secondary N) is 3. The van der Waals surface area contributed by atoms with Gasteiger partial charge in [0.25, 0.3) is 5.91 Å². The van der Waals surface area contributed by atoms with Gasteiger partial charge >= 0.3 is 12.0 Å². The average molecular weight is 604 g/mol. The molecule has 1 unspecified atom stereocenters. The number of carbonyl (C=O) groups is 4. The molecule has 0 fully saturated rings. The molecule has 11 heteroatoms. The molecule has 4 amide bonds. The first kappa shape index (κ1) is 33.4. The summed E-state index contributed by atoms with van der Waals surface area (Å²) in [4.78, 5) is 52.8. The number of para-hydroxylation sites is 1. The van der Waals surface area contributed by atoms with Gasteiger partial charge in [-0.25, -0.2) is 4.79 Å². The summed E-state index contributed by atoms with van der Waals surface area (Å²) >= 11 is 0. The van der Waals surface area contributed by atoms with Crippen molar-refractivity contribution in [1.29, 1.82) is 0 Å². The highest BCUT2D eigenvalue weighted by atomic mass is 16.5. The third-order valence-electron chi connectivity index (χ3n) is 6.75. The Morgan fingerprint density at radius 2 is 1.59 bits per heavy atom. The van der Waals surface area contributed by atoms with E-state index in [0.29, 0.717) is 23.4 Å². The van der Waals surface area contributed by atoms with Crippen LogP contribution in [0.25, 0.3) is 0 Å². The van der Waals surface area contributed by atoms with Gasteiger partial charge in [-0.1, -0.05) is 50.2 Å². The van der Waals surface area contributed by atoms with Crippen molar-refractivity contribution in [2.75, 3.05) is 49.4 Å². The van der Waals surface area contributed by atoms with E-state index in [9.17, 15) is 19.2 Å². The third-order valence-corrected chi connectivity index (χ3v) is 6.75. The Balaban J connectivity index is 1.62. The maximum atomic E-state index is 13.0. The highest BCUT2D eigenvalue weighted by Gasteiger charge is 2.21. The van der Waals surface area contributed by atoms with E-state index in [2.05, 4.69) is 16.0 Å². The number of hydrogen-bond donors (Lipinski definition) is 4. The Labute approximate surface area is 258 Å². The molecular formula is C33H41N5O6. The van der Waals surface area contributed by atoms with Crippen LogP contribution >= 0.6 is 0 Å². The summed E-state index contributed by atoms with van der Waals surface area (Å²) in [5.74, 6) is -0.912. The minimum atomic E-state index is -0.976. The number of ether oxygens (including phenoxy) is 1. The van der Waals surface area contributed by atoms with Crippen LogP contribution in [0.1, 0.15) is 37.4 Å². The number of benzene rings is 3. The lowest BCUT2D eigenvalue weighted by Crippen LogP contribution is -2.40. The van der Waals surface area contributed by atoms with E-state index in [4.69, 9.17) is 9.84 Å². The second-order valence-electron chi connectivity index (χ2n) is 11.0. The van der Waals surface area contributed by atoms with Crippen LogP contribution in [-0.2, 0) is 20.8 Å². The predicted octanol–water partition coefficient (Wildman–Crippen LogP) is 4.45. The Bertz CT molecular complexity index is 1460. The number of aliphatic carboxylic acids is 1. The number of hydrogen-bond acceptors (Lipinski definition) is 6. The Hall–Kier alpha value is -5.06. The van der Waals surface area contributed by atoms with Crippen LogP contribution in [0.15, 0.2) is 72.8 Å². The van der Waals surface area contributed by atoms with Crippen molar-refractivity contribution in [2.45, 2.75) is 32.7 Å². The zero-order valence-electron chi connectivity index (χ0n) is 25.8. The van der Waals surface area contributed by atoms with Crippen LogP contribution in [0.2, 0.25) is 0 Å². The van der Waals surface area contributed by atoms with E-state index in [1.165, 1.54) is 0 Å². The SMILES string of the molecule is CC(C)CC(NC(=O)CNC(=O)Nc1cccc(CC(=O)O)c1)c1ccccc1OCC(=O)N(C)c1cccc(N(C)C)c1. The molecule has 44 heavy (non-hydrogen) atoms. The molecule has 0 aliphatic heterocycles. The quantitative estimate of drug-likeness (QED) is 0.214. The Morgan fingerprint density at radius 3 is 2.30 bits per heavy atom. The first-order valence-corrected chi connectivity index (χ1v) is 14.3. The fourth-order valence-corrected chi connectivity index (χ4v) is 4.51. The Morgan fingerprint density at radius 1 is 0.886 bits per heavy atom. The molecule has 0 bridgehead atoms. The van der Waals surface area contributed by atoms with Crippen LogP contribution in [0.3, 0.4) is 0 Å². The highest BCUT2D eigenvalue weighted by molar-refractivity contribution is 5.94. The molecule has 0 aromatic heterocycles.